The molecule has 3 saturated heterocycles. The van der Waals surface area contributed by atoms with Crippen LogP contribution in [0.5, 0.6) is 5.75 Å². The van der Waals surface area contributed by atoms with E-state index in [9.17, 15) is 17.2 Å². The van der Waals surface area contributed by atoms with Gasteiger partial charge in [0, 0.05) is 30.6 Å². The summed E-state index contributed by atoms with van der Waals surface area (Å²) < 4.78 is 61.9. The maximum atomic E-state index is 13.1. The number of hydrogen-bond donors (Lipinski definition) is 1. The maximum absolute atomic E-state index is 13.1. The molecule has 6 nitrogen and oxygen atoms in total. The molecule has 27 heavy (non-hydrogen) atoms. The number of benzene rings is 1. The Balaban J connectivity index is 1.43. The smallest absolute Gasteiger partial charge is 0.387 e. The second-order valence-electron chi connectivity index (χ2n) is 7.55. The lowest BCUT2D eigenvalue weighted by Gasteiger charge is -2.39. The van der Waals surface area contributed by atoms with E-state index in [4.69, 9.17) is 4.74 Å². The predicted molar refractivity (Wildman–Crippen MR) is 94.2 cm³/mol. The average Bonchev–Trinajstić information content (AvgIpc) is 2.86. The molecule has 1 aromatic carbocycles. The van der Waals surface area contributed by atoms with Crippen LogP contribution in [0.3, 0.4) is 0 Å². The first-order valence-corrected chi connectivity index (χ1v) is 10.8. The molecule has 2 bridgehead atoms. The summed E-state index contributed by atoms with van der Waals surface area (Å²) in [5, 5.41) is 3.57. The summed E-state index contributed by atoms with van der Waals surface area (Å²) in [4.78, 5) is 0.124. The van der Waals surface area contributed by atoms with Gasteiger partial charge in [-0.3, -0.25) is 0 Å². The second kappa shape index (κ2) is 7.62. The van der Waals surface area contributed by atoms with Crippen LogP contribution >= 0.6 is 0 Å². The second-order valence-corrected chi connectivity index (χ2v) is 9.39. The summed E-state index contributed by atoms with van der Waals surface area (Å²) in [6, 6.07) is 5.53. The van der Waals surface area contributed by atoms with Gasteiger partial charge in [-0.05, 0) is 49.9 Å². The quantitative estimate of drug-likeness (QED) is 0.758. The van der Waals surface area contributed by atoms with Gasteiger partial charge in [0.1, 0.15) is 5.75 Å². The fraction of sp³-hybridized carbons (Fsp3) is 0.667. The number of piperidine rings is 1. The molecule has 0 amide bonds. The third-order valence-electron chi connectivity index (χ3n) is 5.69. The molecule has 0 saturated carbocycles. The van der Waals surface area contributed by atoms with Crippen molar-refractivity contribution in [2.45, 2.75) is 55.3 Å². The first kappa shape index (κ1) is 19.0. The molecule has 0 spiro atoms. The van der Waals surface area contributed by atoms with Crippen LogP contribution < -0.4 is 10.1 Å². The highest BCUT2D eigenvalue weighted by atomic mass is 32.2. The summed E-state index contributed by atoms with van der Waals surface area (Å²) >= 11 is 0. The van der Waals surface area contributed by atoms with E-state index in [0.717, 1.165) is 45.4 Å². The Labute approximate surface area is 157 Å². The average molecular weight is 402 g/mol. The van der Waals surface area contributed by atoms with Gasteiger partial charge < -0.3 is 14.8 Å². The van der Waals surface area contributed by atoms with Crippen molar-refractivity contribution in [2.75, 3.05) is 19.8 Å². The van der Waals surface area contributed by atoms with Crippen molar-refractivity contribution in [2.24, 2.45) is 5.92 Å². The van der Waals surface area contributed by atoms with Gasteiger partial charge in [-0.2, -0.15) is 13.1 Å². The summed E-state index contributed by atoms with van der Waals surface area (Å²) in [6.07, 6.45) is 3.33. The van der Waals surface area contributed by atoms with Gasteiger partial charge in [0.2, 0.25) is 10.0 Å². The molecule has 3 aliphatic heterocycles. The van der Waals surface area contributed by atoms with Crippen molar-refractivity contribution in [3.05, 3.63) is 24.3 Å². The van der Waals surface area contributed by atoms with Gasteiger partial charge in [0.25, 0.3) is 0 Å². The molecular formula is C18H24F2N2O4S. The zero-order valence-electron chi connectivity index (χ0n) is 14.9. The molecule has 3 aliphatic rings. The van der Waals surface area contributed by atoms with E-state index in [1.165, 1.54) is 24.3 Å². The van der Waals surface area contributed by atoms with Gasteiger partial charge in [0.05, 0.1) is 18.1 Å². The van der Waals surface area contributed by atoms with Crippen LogP contribution in [0.15, 0.2) is 29.2 Å². The Morgan fingerprint density at radius 1 is 1.15 bits per heavy atom. The van der Waals surface area contributed by atoms with Crippen LogP contribution in [0.4, 0.5) is 8.78 Å². The van der Waals surface area contributed by atoms with Crippen molar-refractivity contribution >= 4 is 10.0 Å². The maximum Gasteiger partial charge on any atom is 0.387 e. The van der Waals surface area contributed by atoms with Crippen molar-refractivity contribution in [1.29, 1.82) is 0 Å². The van der Waals surface area contributed by atoms with Crippen LogP contribution in [0, 0.1) is 5.92 Å². The van der Waals surface area contributed by atoms with E-state index in [-0.39, 0.29) is 22.7 Å². The zero-order chi connectivity index (χ0) is 19.0. The number of alkyl halides is 2. The molecular weight excluding hydrogens is 378 g/mol. The van der Waals surface area contributed by atoms with Crippen molar-refractivity contribution < 1.29 is 26.7 Å². The number of nitrogens with one attached hydrogen (secondary N) is 1. The third-order valence-corrected chi connectivity index (χ3v) is 7.71. The Bertz CT molecular complexity index is 741. The number of fused-ring (bicyclic) bond motifs is 2. The minimum Gasteiger partial charge on any atom is -0.435 e. The summed E-state index contributed by atoms with van der Waals surface area (Å²) in [5.74, 6) is 0.521. The Hall–Kier alpha value is -1.29. The topological polar surface area (TPSA) is 67.9 Å². The number of ether oxygens (including phenoxy) is 2. The lowest BCUT2D eigenvalue weighted by Crippen LogP contribution is -2.52. The molecule has 0 aromatic heterocycles. The number of sulfonamides is 1. The number of nitrogens with zero attached hydrogens (tertiary/aromatic N) is 1. The zero-order valence-corrected chi connectivity index (χ0v) is 15.7. The number of rotatable bonds is 7. The largest absolute Gasteiger partial charge is 0.435 e. The SMILES string of the molecule is O=S(=O)(c1ccc(OC(F)F)cc1)N1[C@@H]2CC[C@H]1C[C@H](NCC1COC1)C2. The lowest BCUT2D eigenvalue weighted by molar-refractivity contribution is -0.0498. The monoisotopic (exact) mass is 402 g/mol. The van der Waals surface area contributed by atoms with Crippen LogP contribution in [0.25, 0.3) is 0 Å². The molecule has 1 aromatic rings. The summed E-state index contributed by atoms with van der Waals surface area (Å²) in [7, 11) is -3.65. The van der Waals surface area contributed by atoms with E-state index in [2.05, 4.69) is 10.1 Å². The molecule has 4 rings (SSSR count). The molecule has 0 unspecified atom stereocenters. The van der Waals surface area contributed by atoms with Crippen molar-refractivity contribution in [3.8, 4) is 5.75 Å². The van der Waals surface area contributed by atoms with Crippen molar-refractivity contribution in [1.82, 2.24) is 9.62 Å². The molecule has 0 radical (unpaired) electrons. The highest BCUT2D eigenvalue weighted by molar-refractivity contribution is 7.89. The van der Waals surface area contributed by atoms with Crippen LogP contribution in [-0.2, 0) is 14.8 Å². The van der Waals surface area contributed by atoms with E-state index in [0.29, 0.717) is 12.0 Å². The minimum atomic E-state index is -3.65. The van der Waals surface area contributed by atoms with E-state index in [1.807, 2.05) is 0 Å². The van der Waals surface area contributed by atoms with Gasteiger partial charge in [-0.25, -0.2) is 8.42 Å². The standard InChI is InChI=1S/C18H24F2N2O4S/c19-18(20)26-16-3-5-17(6-4-16)27(23,24)22-14-1-2-15(22)8-13(7-14)21-9-12-10-25-11-12/h3-6,12-15,18,21H,1-2,7-11H2/t13-,14-,15+. The first-order valence-electron chi connectivity index (χ1n) is 9.33. The highest BCUT2D eigenvalue weighted by Gasteiger charge is 2.47. The van der Waals surface area contributed by atoms with Gasteiger partial charge in [-0.15, -0.1) is 0 Å². The minimum absolute atomic E-state index is 0.0131. The van der Waals surface area contributed by atoms with Crippen molar-refractivity contribution in [3.63, 3.8) is 0 Å². The Morgan fingerprint density at radius 3 is 2.30 bits per heavy atom. The molecule has 3 heterocycles. The summed E-state index contributed by atoms with van der Waals surface area (Å²) in [5.41, 5.74) is 0. The predicted octanol–water partition coefficient (Wildman–Crippen LogP) is 2.21. The summed E-state index contributed by atoms with van der Waals surface area (Å²) in [6.45, 7) is -0.402. The Kier molecular flexibility index (Phi) is 5.37. The molecule has 0 aliphatic carbocycles. The fourth-order valence-electron chi connectivity index (χ4n) is 4.34. The normalized spacial score (nSPS) is 29.1. The van der Waals surface area contributed by atoms with Crippen LogP contribution in [0.2, 0.25) is 0 Å². The number of hydrogen-bond acceptors (Lipinski definition) is 5. The van der Waals surface area contributed by atoms with E-state index >= 15 is 0 Å². The van der Waals surface area contributed by atoms with E-state index < -0.39 is 16.6 Å². The van der Waals surface area contributed by atoms with Gasteiger partial charge >= 0.3 is 6.61 Å². The van der Waals surface area contributed by atoms with Crippen LogP contribution in [0.1, 0.15) is 25.7 Å². The lowest BCUT2D eigenvalue weighted by atomic mass is 9.98. The third kappa shape index (κ3) is 3.96. The molecule has 3 atom stereocenters. The van der Waals surface area contributed by atoms with E-state index in [1.54, 1.807) is 4.31 Å². The molecule has 3 fully saturated rings. The van der Waals surface area contributed by atoms with Gasteiger partial charge in [0.15, 0.2) is 0 Å². The first-order chi connectivity index (χ1) is 12.9. The molecule has 9 heteroatoms. The molecule has 150 valence electrons. The highest BCUT2D eigenvalue weighted by Crippen LogP contribution is 2.40. The number of halogens is 2. The Morgan fingerprint density at radius 2 is 1.78 bits per heavy atom. The fourth-order valence-corrected chi connectivity index (χ4v) is 6.24. The molecule has 1 N–H and O–H groups in total. The van der Waals surface area contributed by atoms with Gasteiger partial charge in [-0.1, -0.05) is 0 Å². The van der Waals surface area contributed by atoms with Crippen LogP contribution in [-0.4, -0.2) is 57.2 Å².